The largest absolute Gasteiger partial charge is 0.507 e. The van der Waals surface area contributed by atoms with E-state index in [4.69, 9.17) is 5.11 Å². The number of carbonyl (C=O) groups is 1. The number of fused-ring (bicyclic) bond motifs is 1. The second-order valence-corrected chi connectivity index (χ2v) is 4.03. The van der Waals surface area contributed by atoms with Crippen molar-refractivity contribution in [2.24, 2.45) is 0 Å². The van der Waals surface area contributed by atoms with E-state index in [1.807, 2.05) is 0 Å². The number of phenols is 1. The van der Waals surface area contributed by atoms with Crippen LogP contribution < -0.4 is 0 Å². The van der Waals surface area contributed by atoms with Gasteiger partial charge in [0.2, 0.25) is 0 Å². The third-order valence-corrected chi connectivity index (χ3v) is 2.79. The molecule has 2 aromatic rings. The SMILES string of the molecule is O=C(O)c1ccc2cc(O)c(Br)cc2c1. The zero-order valence-corrected chi connectivity index (χ0v) is 9.15. The third-order valence-electron chi connectivity index (χ3n) is 2.15. The van der Waals surface area contributed by atoms with E-state index in [1.165, 1.54) is 6.07 Å². The molecule has 2 N–H and O–H groups in total. The summed E-state index contributed by atoms with van der Waals surface area (Å²) in [6, 6.07) is 8.03. The molecule has 0 unspecified atom stereocenters. The molecule has 2 rings (SSSR count). The highest BCUT2D eigenvalue weighted by Gasteiger charge is 2.05. The van der Waals surface area contributed by atoms with E-state index >= 15 is 0 Å². The lowest BCUT2D eigenvalue weighted by Gasteiger charge is -2.02. The van der Waals surface area contributed by atoms with Gasteiger partial charge in [-0.2, -0.15) is 0 Å². The highest BCUT2D eigenvalue weighted by atomic mass is 79.9. The van der Waals surface area contributed by atoms with E-state index in [9.17, 15) is 9.90 Å². The Morgan fingerprint density at radius 3 is 2.53 bits per heavy atom. The van der Waals surface area contributed by atoms with Crippen LogP contribution in [0.15, 0.2) is 34.8 Å². The fourth-order valence-electron chi connectivity index (χ4n) is 1.39. The Hall–Kier alpha value is -1.55. The summed E-state index contributed by atoms with van der Waals surface area (Å²) >= 11 is 3.18. The van der Waals surface area contributed by atoms with Crippen molar-refractivity contribution < 1.29 is 15.0 Å². The first kappa shape index (κ1) is 9.98. The Morgan fingerprint density at radius 1 is 1.13 bits per heavy atom. The molecule has 0 radical (unpaired) electrons. The molecule has 0 saturated carbocycles. The molecule has 76 valence electrons. The van der Waals surface area contributed by atoms with E-state index in [0.717, 1.165) is 10.8 Å². The normalized spacial score (nSPS) is 10.5. The lowest BCUT2D eigenvalue weighted by atomic mass is 10.1. The lowest BCUT2D eigenvalue weighted by Crippen LogP contribution is -1.95. The van der Waals surface area contributed by atoms with Crippen LogP contribution in [-0.4, -0.2) is 16.2 Å². The predicted molar refractivity (Wildman–Crippen MR) is 60.3 cm³/mol. The number of aromatic carboxylic acids is 1. The molecule has 2 aromatic carbocycles. The van der Waals surface area contributed by atoms with E-state index < -0.39 is 5.97 Å². The molecule has 0 aliphatic heterocycles. The fourth-order valence-corrected chi connectivity index (χ4v) is 1.75. The first-order valence-electron chi connectivity index (χ1n) is 4.23. The van der Waals surface area contributed by atoms with E-state index in [1.54, 1.807) is 24.3 Å². The van der Waals surface area contributed by atoms with Gasteiger partial charge in [0.05, 0.1) is 10.0 Å². The Morgan fingerprint density at radius 2 is 1.87 bits per heavy atom. The average molecular weight is 267 g/mol. The minimum atomic E-state index is -0.957. The predicted octanol–water partition coefficient (Wildman–Crippen LogP) is 3.01. The average Bonchev–Trinajstić information content (AvgIpc) is 2.19. The number of carboxylic acids is 1. The molecule has 0 heterocycles. The summed E-state index contributed by atoms with van der Waals surface area (Å²) in [5.74, 6) is -0.813. The summed E-state index contributed by atoms with van der Waals surface area (Å²) < 4.78 is 0.553. The van der Waals surface area contributed by atoms with E-state index in [2.05, 4.69) is 15.9 Å². The van der Waals surface area contributed by atoms with Gasteiger partial charge in [-0.1, -0.05) is 6.07 Å². The molecule has 0 amide bonds. The van der Waals surface area contributed by atoms with Crippen LogP contribution in [0.3, 0.4) is 0 Å². The number of aromatic hydroxyl groups is 1. The number of halogens is 1. The number of phenolic OH excluding ortho intramolecular Hbond substituents is 1. The van der Waals surface area contributed by atoms with Crippen molar-refractivity contribution in [3.05, 3.63) is 40.4 Å². The summed E-state index contributed by atoms with van der Waals surface area (Å²) in [4.78, 5) is 10.7. The van der Waals surface area contributed by atoms with Crippen molar-refractivity contribution in [1.82, 2.24) is 0 Å². The molecule has 0 saturated heterocycles. The van der Waals surface area contributed by atoms with Gasteiger partial charge in [0.25, 0.3) is 0 Å². The van der Waals surface area contributed by atoms with E-state index in [-0.39, 0.29) is 11.3 Å². The summed E-state index contributed by atoms with van der Waals surface area (Å²) in [6.45, 7) is 0. The van der Waals surface area contributed by atoms with Crippen LogP contribution in [0.2, 0.25) is 0 Å². The Labute approximate surface area is 94.1 Å². The Bertz CT molecular complexity index is 549. The molecule has 4 heteroatoms. The van der Waals surface area contributed by atoms with Gasteiger partial charge in [0.1, 0.15) is 5.75 Å². The lowest BCUT2D eigenvalue weighted by molar-refractivity contribution is 0.0697. The van der Waals surface area contributed by atoms with Crippen LogP contribution in [0, 0.1) is 0 Å². The van der Waals surface area contributed by atoms with Crippen molar-refractivity contribution in [1.29, 1.82) is 0 Å². The van der Waals surface area contributed by atoms with Crippen molar-refractivity contribution in [2.45, 2.75) is 0 Å². The van der Waals surface area contributed by atoms with Gasteiger partial charge in [-0.05, 0) is 51.0 Å². The van der Waals surface area contributed by atoms with Gasteiger partial charge in [-0.15, -0.1) is 0 Å². The second kappa shape index (κ2) is 3.55. The topological polar surface area (TPSA) is 57.5 Å². The number of hydrogen-bond acceptors (Lipinski definition) is 2. The van der Waals surface area contributed by atoms with Crippen molar-refractivity contribution in [2.75, 3.05) is 0 Å². The molecule has 0 spiro atoms. The summed E-state index contributed by atoms with van der Waals surface area (Å²) in [7, 11) is 0. The first-order valence-corrected chi connectivity index (χ1v) is 5.03. The Balaban J connectivity index is 2.72. The quantitative estimate of drug-likeness (QED) is 0.834. The highest BCUT2D eigenvalue weighted by molar-refractivity contribution is 9.10. The number of rotatable bonds is 1. The van der Waals surface area contributed by atoms with Crippen LogP contribution in [-0.2, 0) is 0 Å². The molecular weight excluding hydrogens is 260 g/mol. The molecular formula is C11H7BrO3. The third kappa shape index (κ3) is 1.80. The molecule has 0 atom stereocenters. The summed E-state index contributed by atoms with van der Waals surface area (Å²) in [5.41, 5.74) is 0.236. The van der Waals surface area contributed by atoms with Crippen molar-refractivity contribution >= 4 is 32.7 Å². The number of hydrogen-bond donors (Lipinski definition) is 2. The molecule has 0 aromatic heterocycles. The second-order valence-electron chi connectivity index (χ2n) is 3.17. The van der Waals surface area contributed by atoms with Crippen LogP contribution in [0.25, 0.3) is 10.8 Å². The molecule has 0 bridgehead atoms. The summed E-state index contributed by atoms with van der Waals surface area (Å²) in [6.07, 6.45) is 0. The summed E-state index contributed by atoms with van der Waals surface area (Å²) in [5, 5.41) is 19.8. The van der Waals surface area contributed by atoms with Crippen molar-refractivity contribution in [3.8, 4) is 5.75 Å². The van der Waals surface area contributed by atoms with Crippen LogP contribution in [0.5, 0.6) is 5.75 Å². The monoisotopic (exact) mass is 266 g/mol. The minimum Gasteiger partial charge on any atom is -0.507 e. The Kier molecular flexibility index (Phi) is 2.36. The number of benzene rings is 2. The van der Waals surface area contributed by atoms with Crippen LogP contribution in [0.1, 0.15) is 10.4 Å². The maximum atomic E-state index is 10.7. The zero-order chi connectivity index (χ0) is 11.0. The highest BCUT2D eigenvalue weighted by Crippen LogP contribution is 2.29. The van der Waals surface area contributed by atoms with E-state index in [0.29, 0.717) is 4.47 Å². The molecule has 0 aliphatic carbocycles. The van der Waals surface area contributed by atoms with Crippen LogP contribution in [0.4, 0.5) is 0 Å². The molecule has 0 fully saturated rings. The van der Waals surface area contributed by atoms with Gasteiger partial charge in [-0.3, -0.25) is 0 Å². The zero-order valence-electron chi connectivity index (χ0n) is 7.57. The van der Waals surface area contributed by atoms with Gasteiger partial charge < -0.3 is 10.2 Å². The van der Waals surface area contributed by atoms with Gasteiger partial charge in [0, 0.05) is 0 Å². The van der Waals surface area contributed by atoms with Gasteiger partial charge in [0.15, 0.2) is 0 Å². The minimum absolute atomic E-state index is 0.144. The first-order chi connectivity index (χ1) is 7.08. The fraction of sp³-hybridized carbons (Fsp3) is 0. The maximum absolute atomic E-state index is 10.7. The molecule has 0 aliphatic rings. The smallest absolute Gasteiger partial charge is 0.335 e. The number of carboxylic acid groups (broad SMARTS) is 1. The maximum Gasteiger partial charge on any atom is 0.335 e. The van der Waals surface area contributed by atoms with Gasteiger partial charge >= 0.3 is 5.97 Å². The van der Waals surface area contributed by atoms with Crippen molar-refractivity contribution in [3.63, 3.8) is 0 Å². The van der Waals surface area contributed by atoms with Gasteiger partial charge in [-0.25, -0.2) is 4.79 Å². The van der Waals surface area contributed by atoms with Crippen LogP contribution >= 0.6 is 15.9 Å². The molecule has 3 nitrogen and oxygen atoms in total. The molecule has 15 heavy (non-hydrogen) atoms. The standard InChI is InChI=1S/C11H7BrO3/c12-9-4-8-3-7(11(14)15)2-1-6(8)5-10(9)13/h1-5,13H,(H,14,15).